The molecule has 0 aliphatic heterocycles. The Kier molecular flexibility index (Phi) is 2.15. The Labute approximate surface area is 37.6 Å². The van der Waals surface area contributed by atoms with Crippen molar-refractivity contribution < 1.29 is 10.2 Å². The molecule has 0 bridgehead atoms. The molecule has 0 rings (SSSR count). The second-order valence-corrected chi connectivity index (χ2v) is 0.521. The first-order valence-electron chi connectivity index (χ1n) is 1.18. The van der Waals surface area contributed by atoms with Gasteiger partial charge in [-0.25, -0.2) is 0 Å². The molecular formula is HN5O2. The number of nitrogens with zero attached hydrogens (tertiary/aromatic N) is 5. The molecule has 0 atom stereocenters. The van der Waals surface area contributed by atoms with Crippen LogP contribution in [0.15, 0.2) is 10.5 Å². The zero-order valence-electron chi connectivity index (χ0n) is 3.09. The van der Waals surface area contributed by atoms with E-state index in [0.717, 1.165) is 0 Å². The van der Waals surface area contributed by atoms with Crippen LogP contribution < -0.4 is 0 Å². The summed E-state index contributed by atoms with van der Waals surface area (Å²) in [4.78, 5) is 1.44. The van der Waals surface area contributed by atoms with Gasteiger partial charge in [0.05, 0.1) is 9.88 Å². The first kappa shape index (κ1) is 5.51. The molecular weight excluding hydrogens is 102 g/mol. The fraction of sp³-hybridized carbons (Fsp3) is 0. The highest BCUT2D eigenvalue weighted by Crippen LogP contribution is 1.71. The molecule has 0 aromatic carbocycles. The predicted octanol–water partition coefficient (Wildman–Crippen LogP) is 0.563. The summed E-state index contributed by atoms with van der Waals surface area (Å²) < 4.78 is 0. The second kappa shape index (κ2) is 2.73. The minimum absolute atomic E-state index is 0.556. The molecule has 7 heteroatoms. The van der Waals surface area contributed by atoms with Crippen LogP contribution in [0.3, 0.4) is 0 Å². The second-order valence-electron chi connectivity index (χ2n) is 0.521. The van der Waals surface area contributed by atoms with Gasteiger partial charge in [0.1, 0.15) is 0 Å². The van der Waals surface area contributed by atoms with Crippen LogP contribution in [0.5, 0.6) is 0 Å². The lowest BCUT2D eigenvalue weighted by molar-refractivity contribution is -0.563. The van der Waals surface area contributed by atoms with Crippen molar-refractivity contribution in [3.8, 4) is 0 Å². The smallest absolute Gasteiger partial charge is 0.241 e. The van der Waals surface area contributed by atoms with Gasteiger partial charge in [-0.2, -0.15) is 0 Å². The Bertz CT molecular complexity index is 118. The van der Waals surface area contributed by atoms with E-state index < -0.39 is 4.97 Å². The summed E-state index contributed by atoms with van der Waals surface area (Å²) in [6.07, 6.45) is 0. The van der Waals surface area contributed by atoms with Crippen LogP contribution in [0.4, 0.5) is 0 Å². The minimum atomic E-state index is -0.556. The van der Waals surface area contributed by atoms with Gasteiger partial charge in [-0.15, -0.1) is 0 Å². The average molecular weight is 103 g/mol. The Balaban J connectivity index is 3.82. The van der Waals surface area contributed by atoms with E-state index in [1.54, 1.807) is 0 Å². The highest BCUT2D eigenvalue weighted by Gasteiger charge is 1.79. The lowest BCUT2D eigenvalue weighted by atomic mass is 12.5. The molecule has 0 amide bonds. The van der Waals surface area contributed by atoms with Gasteiger partial charge in [-0.05, 0) is 0 Å². The highest BCUT2D eigenvalue weighted by molar-refractivity contribution is 4.26. The summed E-state index contributed by atoms with van der Waals surface area (Å²) in [6, 6.07) is 0. The molecule has 7 nitrogen and oxygen atoms in total. The molecule has 0 unspecified atom stereocenters. The van der Waals surface area contributed by atoms with Crippen LogP contribution >= 0.6 is 0 Å². The maximum absolute atomic E-state index is 9.49. The van der Waals surface area contributed by atoms with Crippen molar-refractivity contribution in [2.45, 2.75) is 0 Å². The summed E-state index contributed by atoms with van der Waals surface area (Å²) in [5.74, 6) is 0. The van der Waals surface area contributed by atoms with E-state index in [4.69, 9.17) is 10.7 Å². The Hall–Kier alpha value is -1.49. The summed E-state index contributed by atoms with van der Waals surface area (Å²) in [7, 11) is 0. The van der Waals surface area contributed by atoms with Crippen molar-refractivity contribution in [3.63, 3.8) is 0 Å². The molecule has 7 heavy (non-hydrogen) atoms. The highest BCUT2D eigenvalue weighted by atomic mass is 16.6. The third kappa shape index (κ3) is 2.31. The quantitative estimate of drug-likeness (QED) is 0.172. The van der Waals surface area contributed by atoms with Crippen LogP contribution in [0, 0.1) is 5.21 Å². The minimum Gasteiger partial charge on any atom is -0.580 e. The molecule has 1 N–H and O–H groups in total. The van der Waals surface area contributed by atoms with Crippen molar-refractivity contribution in [3.05, 3.63) is 15.7 Å². The van der Waals surface area contributed by atoms with Crippen LogP contribution in [0.1, 0.15) is 0 Å². The lowest BCUT2D eigenvalue weighted by Gasteiger charge is -1.76. The zero-order chi connectivity index (χ0) is 5.70. The fourth-order valence-electron chi connectivity index (χ4n) is 0.0521. The van der Waals surface area contributed by atoms with Gasteiger partial charge in [-0.1, -0.05) is 0 Å². The largest absolute Gasteiger partial charge is 0.580 e. The maximum Gasteiger partial charge on any atom is 0.241 e. The van der Waals surface area contributed by atoms with Gasteiger partial charge >= 0.3 is 0 Å². The van der Waals surface area contributed by atoms with E-state index in [1.165, 1.54) is 0 Å². The molecule has 0 saturated heterocycles. The van der Waals surface area contributed by atoms with Crippen molar-refractivity contribution in [1.29, 1.82) is 0 Å². The van der Waals surface area contributed by atoms with E-state index in [0.29, 0.717) is 0 Å². The molecule has 0 aromatic rings. The van der Waals surface area contributed by atoms with Gasteiger partial charge in [-0.3, -0.25) is 0 Å². The van der Waals surface area contributed by atoms with Gasteiger partial charge in [0.25, 0.3) is 0 Å². The molecule has 38 valence electrons. The van der Waals surface area contributed by atoms with E-state index >= 15 is 0 Å². The van der Waals surface area contributed by atoms with Gasteiger partial charge in [0.15, 0.2) is 0 Å². The number of hydrogen-bond acceptors (Lipinski definition) is 2. The molecule has 0 radical (unpaired) electrons. The third-order valence-electron chi connectivity index (χ3n) is 0.193. The average Bonchev–Trinajstić information content (AvgIpc) is 1.68. The Morgan fingerprint density at radius 3 is 2.57 bits per heavy atom. The number of hydrogen-bond donors (Lipinski definition) is 1. The molecule has 0 heterocycles. The van der Waals surface area contributed by atoms with Crippen LogP contribution in [0.2, 0.25) is 0 Å². The van der Waals surface area contributed by atoms with Crippen LogP contribution in [0.25, 0.3) is 10.4 Å². The molecule has 0 aliphatic rings. The molecule has 0 aromatic heterocycles. The first-order chi connectivity index (χ1) is 3.31. The molecule has 0 saturated carbocycles. The van der Waals surface area contributed by atoms with Crippen molar-refractivity contribution in [2.24, 2.45) is 10.5 Å². The lowest BCUT2D eigenvalue weighted by Crippen LogP contribution is -1.82. The Morgan fingerprint density at radius 2 is 2.43 bits per heavy atom. The molecule has 0 spiro atoms. The first-order valence-corrected chi connectivity index (χ1v) is 1.18. The van der Waals surface area contributed by atoms with Gasteiger partial charge in [0.2, 0.25) is 10.5 Å². The van der Waals surface area contributed by atoms with E-state index in [-0.39, 0.29) is 0 Å². The standard InChI is InChI=1S/HN5O2/c1-2-3-5(7)4-6/h6H. The summed E-state index contributed by atoms with van der Waals surface area (Å²) in [5.41, 5.74) is 7.41. The van der Waals surface area contributed by atoms with E-state index in [9.17, 15) is 5.21 Å². The summed E-state index contributed by atoms with van der Waals surface area (Å²) in [5, 5.41) is 21.2. The molecule has 0 aliphatic carbocycles. The Morgan fingerprint density at radius 1 is 1.86 bits per heavy atom. The topological polar surface area (TPSA) is 107 Å². The SMILES string of the molecule is [N-]=[N+]=N[N+]([O-])=NO. The normalized spacial score (nSPS) is 10.0. The van der Waals surface area contributed by atoms with E-state index in [1.807, 2.05) is 10.2 Å². The third-order valence-corrected chi connectivity index (χ3v) is 0.193. The van der Waals surface area contributed by atoms with Gasteiger partial charge < -0.3 is 10.4 Å². The van der Waals surface area contributed by atoms with Crippen molar-refractivity contribution in [1.82, 2.24) is 0 Å². The van der Waals surface area contributed by atoms with Crippen molar-refractivity contribution >= 4 is 0 Å². The van der Waals surface area contributed by atoms with Crippen molar-refractivity contribution in [2.75, 3.05) is 0 Å². The predicted molar refractivity (Wildman–Crippen MR) is 17.0 cm³/mol. The monoisotopic (exact) mass is 103 g/mol. The zero-order valence-corrected chi connectivity index (χ0v) is 3.09. The van der Waals surface area contributed by atoms with Gasteiger partial charge in [0, 0.05) is 5.53 Å². The molecule has 0 fully saturated rings. The summed E-state index contributed by atoms with van der Waals surface area (Å²) >= 11 is 0. The fourth-order valence-corrected chi connectivity index (χ4v) is 0.0521. The number of rotatable bonds is 1. The maximum atomic E-state index is 9.49. The van der Waals surface area contributed by atoms with Crippen LogP contribution in [-0.2, 0) is 0 Å². The van der Waals surface area contributed by atoms with E-state index in [2.05, 4.69) is 5.22 Å². The summed E-state index contributed by atoms with van der Waals surface area (Å²) in [6.45, 7) is 0. The number of azide groups is 1. The van der Waals surface area contributed by atoms with Crippen LogP contribution in [-0.4, -0.2) is 10.2 Å².